The van der Waals surface area contributed by atoms with Gasteiger partial charge in [-0.3, -0.25) is 0 Å². The average Bonchev–Trinajstić information content (AvgIpc) is 2.54. The van der Waals surface area contributed by atoms with Gasteiger partial charge in [0, 0.05) is 13.1 Å². The van der Waals surface area contributed by atoms with Gasteiger partial charge in [0.15, 0.2) is 0 Å². The molecule has 3 nitrogen and oxygen atoms in total. The summed E-state index contributed by atoms with van der Waals surface area (Å²) in [6.45, 7) is 0. The predicted octanol–water partition coefficient (Wildman–Crippen LogP) is 1.41. The van der Waals surface area contributed by atoms with Gasteiger partial charge in [0.25, 0.3) is 10.0 Å². The highest BCUT2D eigenvalue weighted by atomic mass is 32.2. The molecular weight excluding hydrogens is 200 g/mol. The van der Waals surface area contributed by atoms with E-state index in [4.69, 9.17) is 0 Å². The summed E-state index contributed by atoms with van der Waals surface area (Å²) in [5.41, 5.74) is 0. The molecule has 0 aromatic heterocycles. The van der Waals surface area contributed by atoms with E-state index in [1.54, 1.807) is 0 Å². The number of nitrogens with zero attached hydrogens (tertiary/aromatic N) is 1. The Morgan fingerprint density at radius 2 is 1.77 bits per heavy atom. The third kappa shape index (κ3) is 2.17. The second-order valence-corrected chi connectivity index (χ2v) is 5.22. The van der Waals surface area contributed by atoms with Crippen LogP contribution in [-0.2, 0) is 10.0 Å². The lowest BCUT2D eigenvalue weighted by Gasteiger charge is -2.22. The summed E-state index contributed by atoms with van der Waals surface area (Å²) in [4.78, 5) is 0. The molecule has 0 heterocycles. The van der Waals surface area contributed by atoms with Crippen LogP contribution in [0.2, 0.25) is 0 Å². The Morgan fingerprint density at radius 3 is 2.15 bits per heavy atom. The van der Waals surface area contributed by atoms with E-state index in [0.717, 1.165) is 17.1 Å². The maximum Gasteiger partial charge on any atom is 0.350 e. The van der Waals surface area contributed by atoms with Crippen molar-refractivity contribution in [2.24, 2.45) is 0 Å². The predicted molar refractivity (Wildman–Crippen MR) is 44.9 cm³/mol. The minimum absolute atomic E-state index is 0.223. The number of rotatable bonds is 3. The van der Waals surface area contributed by atoms with Crippen molar-refractivity contribution in [3.05, 3.63) is 0 Å². The Morgan fingerprint density at radius 1 is 1.31 bits per heavy atom. The first-order valence-corrected chi connectivity index (χ1v) is 5.71. The van der Waals surface area contributed by atoms with Gasteiger partial charge in [0.2, 0.25) is 0 Å². The second-order valence-electron chi connectivity index (χ2n) is 3.26. The SMILES string of the molecule is CN(C1CCCC1)S(=O)(=O)C(F)F. The van der Waals surface area contributed by atoms with E-state index in [1.807, 2.05) is 0 Å². The molecule has 0 unspecified atom stereocenters. The van der Waals surface area contributed by atoms with E-state index in [0.29, 0.717) is 12.8 Å². The molecule has 1 fully saturated rings. The Labute approximate surface area is 76.8 Å². The van der Waals surface area contributed by atoms with Gasteiger partial charge in [0.1, 0.15) is 0 Å². The number of hydrogen-bond donors (Lipinski definition) is 0. The molecule has 0 bridgehead atoms. The number of sulfonamides is 1. The average molecular weight is 213 g/mol. The molecule has 1 aliphatic carbocycles. The molecule has 0 radical (unpaired) electrons. The molecular formula is C7H13F2NO2S. The van der Waals surface area contributed by atoms with Crippen molar-refractivity contribution in [1.29, 1.82) is 0 Å². The van der Waals surface area contributed by atoms with Crippen LogP contribution in [0.3, 0.4) is 0 Å². The highest BCUT2D eigenvalue weighted by molar-refractivity contribution is 7.89. The molecule has 1 rings (SSSR count). The third-order valence-corrected chi connectivity index (χ3v) is 4.02. The van der Waals surface area contributed by atoms with E-state index >= 15 is 0 Å². The van der Waals surface area contributed by atoms with Crippen LogP contribution >= 0.6 is 0 Å². The summed E-state index contributed by atoms with van der Waals surface area (Å²) < 4.78 is 47.0. The molecule has 1 aliphatic rings. The normalized spacial score (nSPS) is 20.4. The van der Waals surface area contributed by atoms with Gasteiger partial charge in [-0.25, -0.2) is 8.42 Å². The Balaban J connectivity index is 2.71. The van der Waals surface area contributed by atoms with Crippen molar-refractivity contribution in [2.75, 3.05) is 7.05 Å². The molecule has 0 amide bonds. The van der Waals surface area contributed by atoms with Crippen molar-refractivity contribution in [2.45, 2.75) is 37.5 Å². The first-order valence-electron chi connectivity index (χ1n) is 4.21. The summed E-state index contributed by atoms with van der Waals surface area (Å²) in [5.74, 6) is -3.29. The molecule has 0 aromatic carbocycles. The summed E-state index contributed by atoms with van der Waals surface area (Å²) in [7, 11) is -3.13. The zero-order valence-electron chi connectivity index (χ0n) is 7.41. The minimum atomic E-state index is -4.36. The van der Waals surface area contributed by atoms with E-state index in [-0.39, 0.29) is 6.04 Å². The van der Waals surface area contributed by atoms with Crippen LogP contribution in [0.15, 0.2) is 0 Å². The highest BCUT2D eigenvalue weighted by Gasteiger charge is 2.35. The van der Waals surface area contributed by atoms with Crippen molar-refractivity contribution in [1.82, 2.24) is 4.31 Å². The monoisotopic (exact) mass is 213 g/mol. The summed E-state index contributed by atoms with van der Waals surface area (Å²) in [6.07, 6.45) is 3.24. The first kappa shape index (κ1) is 10.8. The van der Waals surface area contributed by atoms with Gasteiger partial charge in [-0.15, -0.1) is 0 Å². The topological polar surface area (TPSA) is 37.4 Å². The fourth-order valence-corrected chi connectivity index (χ4v) is 2.48. The smallest absolute Gasteiger partial charge is 0.206 e. The van der Waals surface area contributed by atoms with Crippen molar-refractivity contribution < 1.29 is 17.2 Å². The Bertz CT molecular complexity index is 260. The van der Waals surface area contributed by atoms with E-state index in [9.17, 15) is 17.2 Å². The van der Waals surface area contributed by atoms with Crippen LogP contribution in [0.5, 0.6) is 0 Å². The van der Waals surface area contributed by atoms with Gasteiger partial charge < -0.3 is 0 Å². The molecule has 0 spiro atoms. The lowest BCUT2D eigenvalue weighted by atomic mass is 10.3. The zero-order chi connectivity index (χ0) is 10.1. The molecule has 0 N–H and O–H groups in total. The number of alkyl halides is 2. The van der Waals surface area contributed by atoms with Gasteiger partial charge >= 0.3 is 5.76 Å². The maximum atomic E-state index is 12.1. The van der Waals surface area contributed by atoms with Gasteiger partial charge in [-0.2, -0.15) is 13.1 Å². The van der Waals surface area contributed by atoms with Crippen molar-refractivity contribution in [3.8, 4) is 0 Å². The molecule has 6 heteroatoms. The minimum Gasteiger partial charge on any atom is -0.206 e. The molecule has 1 saturated carbocycles. The van der Waals surface area contributed by atoms with Crippen LogP contribution in [0, 0.1) is 0 Å². The van der Waals surface area contributed by atoms with Gasteiger partial charge in [-0.05, 0) is 12.8 Å². The van der Waals surface area contributed by atoms with Gasteiger partial charge in [-0.1, -0.05) is 12.8 Å². The van der Waals surface area contributed by atoms with E-state index in [2.05, 4.69) is 0 Å². The molecule has 13 heavy (non-hydrogen) atoms. The quantitative estimate of drug-likeness (QED) is 0.711. The lowest BCUT2D eigenvalue weighted by Crippen LogP contribution is -2.38. The summed E-state index contributed by atoms with van der Waals surface area (Å²) in [6, 6.07) is -0.223. The maximum absolute atomic E-state index is 12.1. The summed E-state index contributed by atoms with van der Waals surface area (Å²) >= 11 is 0. The Kier molecular flexibility index (Phi) is 3.23. The van der Waals surface area contributed by atoms with Crippen LogP contribution in [0.1, 0.15) is 25.7 Å². The largest absolute Gasteiger partial charge is 0.350 e. The number of halogens is 2. The molecule has 0 saturated heterocycles. The molecule has 0 aromatic rings. The molecule has 78 valence electrons. The van der Waals surface area contributed by atoms with Crippen LogP contribution in [0.25, 0.3) is 0 Å². The molecule has 0 atom stereocenters. The van der Waals surface area contributed by atoms with Crippen molar-refractivity contribution >= 4 is 10.0 Å². The van der Waals surface area contributed by atoms with Crippen LogP contribution in [-0.4, -0.2) is 31.6 Å². The molecule has 0 aliphatic heterocycles. The first-order chi connectivity index (χ1) is 5.96. The fourth-order valence-electron chi connectivity index (χ4n) is 1.60. The van der Waals surface area contributed by atoms with Crippen molar-refractivity contribution in [3.63, 3.8) is 0 Å². The zero-order valence-corrected chi connectivity index (χ0v) is 8.23. The third-order valence-electron chi connectivity index (χ3n) is 2.47. The van der Waals surface area contributed by atoms with Crippen LogP contribution in [0.4, 0.5) is 8.78 Å². The van der Waals surface area contributed by atoms with E-state index < -0.39 is 15.8 Å². The fraction of sp³-hybridized carbons (Fsp3) is 1.00. The Hall–Kier alpha value is -0.230. The lowest BCUT2D eigenvalue weighted by molar-refractivity contribution is 0.215. The standard InChI is InChI=1S/C7H13F2NO2S/c1-10(6-4-2-3-5-6)13(11,12)7(8)9/h6-7H,2-5H2,1H3. The van der Waals surface area contributed by atoms with Crippen LogP contribution < -0.4 is 0 Å². The van der Waals surface area contributed by atoms with Gasteiger partial charge in [0.05, 0.1) is 0 Å². The second kappa shape index (κ2) is 3.88. The number of hydrogen-bond acceptors (Lipinski definition) is 2. The highest BCUT2D eigenvalue weighted by Crippen LogP contribution is 2.26. The van der Waals surface area contributed by atoms with E-state index in [1.165, 1.54) is 7.05 Å². The summed E-state index contributed by atoms with van der Waals surface area (Å²) in [5, 5.41) is 0.